The van der Waals surface area contributed by atoms with Gasteiger partial charge in [0.1, 0.15) is 5.76 Å². The second-order valence-corrected chi connectivity index (χ2v) is 6.99. The maximum absolute atomic E-state index is 5.63. The molecule has 0 unspecified atom stereocenters. The number of furan rings is 1. The quantitative estimate of drug-likeness (QED) is 0.778. The molecule has 1 aromatic rings. The highest BCUT2D eigenvalue weighted by Gasteiger charge is 2.13. The molecule has 4 heteroatoms. The molecule has 0 fully saturated rings. The van der Waals surface area contributed by atoms with Gasteiger partial charge in [-0.1, -0.05) is 0 Å². The number of hydrogen-bond donors (Lipinski definition) is 1. The largest absolute Gasteiger partial charge is 0.468 e. The first-order valence-corrected chi connectivity index (χ1v) is 7.19. The second kappa shape index (κ2) is 7.25. The Bertz CT molecular complexity index is 385. The lowest BCUT2D eigenvalue weighted by atomic mass is 10.1. The van der Waals surface area contributed by atoms with Crippen molar-refractivity contribution in [3.05, 3.63) is 23.7 Å². The van der Waals surface area contributed by atoms with Crippen molar-refractivity contribution < 1.29 is 13.9 Å². The van der Waals surface area contributed by atoms with E-state index in [9.17, 15) is 0 Å². The summed E-state index contributed by atoms with van der Waals surface area (Å²) in [6.07, 6.45) is 1.71. The highest BCUT2D eigenvalue weighted by molar-refractivity contribution is 5.16. The fourth-order valence-electron chi connectivity index (χ4n) is 1.59. The van der Waals surface area contributed by atoms with Gasteiger partial charge >= 0.3 is 0 Å². The van der Waals surface area contributed by atoms with Gasteiger partial charge < -0.3 is 19.2 Å². The summed E-state index contributed by atoms with van der Waals surface area (Å²) in [5.74, 6) is 0.941. The van der Waals surface area contributed by atoms with E-state index < -0.39 is 0 Å². The third kappa shape index (κ3) is 7.68. The maximum atomic E-state index is 5.63. The topological polar surface area (TPSA) is 43.6 Å². The lowest BCUT2D eigenvalue weighted by Gasteiger charge is -2.20. The van der Waals surface area contributed by atoms with Gasteiger partial charge in [-0.2, -0.15) is 0 Å². The zero-order valence-electron chi connectivity index (χ0n) is 13.7. The summed E-state index contributed by atoms with van der Waals surface area (Å²) < 4.78 is 16.7. The molecule has 0 amide bonds. The van der Waals surface area contributed by atoms with E-state index in [0.29, 0.717) is 26.4 Å². The van der Waals surface area contributed by atoms with Crippen molar-refractivity contribution in [1.82, 2.24) is 5.32 Å². The minimum Gasteiger partial charge on any atom is -0.468 e. The lowest BCUT2D eigenvalue weighted by molar-refractivity contribution is -0.0378. The molecule has 0 aliphatic heterocycles. The molecule has 0 atom stereocenters. The molecular formula is C16H29NO3. The number of ether oxygens (including phenoxy) is 2. The predicted molar refractivity (Wildman–Crippen MR) is 80.7 cm³/mol. The predicted octanol–water partition coefficient (Wildman–Crippen LogP) is 3.50. The van der Waals surface area contributed by atoms with E-state index >= 15 is 0 Å². The third-order valence-corrected chi connectivity index (χ3v) is 2.64. The van der Waals surface area contributed by atoms with Crippen LogP contribution in [0.1, 0.15) is 52.9 Å². The Morgan fingerprint density at radius 2 is 1.80 bits per heavy atom. The van der Waals surface area contributed by atoms with Gasteiger partial charge in [-0.15, -0.1) is 0 Å². The molecule has 0 radical (unpaired) electrons. The zero-order chi connectivity index (χ0) is 15.2. The Hall–Kier alpha value is -0.840. The van der Waals surface area contributed by atoms with E-state index in [1.807, 2.05) is 26.8 Å². The SMILES string of the molecule is CC(C)(C)NCc1occc1COCCOC(C)(C)C. The normalized spacial score (nSPS) is 12.9. The summed E-state index contributed by atoms with van der Waals surface area (Å²) >= 11 is 0. The Kier molecular flexibility index (Phi) is 6.24. The molecule has 4 nitrogen and oxygen atoms in total. The van der Waals surface area contributed by atoms with Crippen LogP contribution >= 0.6 is 0 Å². The highest BCUT2D eigenvalue weighted by atomic mass is 16.5. The van der Waals surface area contributed by atoms with Crippen LogP contribution in [0.3, 0.4) is 0 Å². The van der Waals surface area contributed by atoms with Crippen LogP contribution in [0.5, 0.6) is 0 Å². The summed E-state index contributed by atoms with van der Waals surface area (Å²) in [5, 5.41) is 3.41. The van der Waals surface area contributed by atoms with Crippen LogP contribution in [0.15, 0.2) is 16.7 Å². The molecule has 1 aromatic heterocycles. The molecule has 0 spiro atoms. The van der Waals surface area contributed by atoms with Crippen molar-refractivity contribution in [2.24, 2.45) is 0 Å². The molecular weight excluding hydrogens is 254 g/mol. The number of rotatable bonds is 7. The number of hydrogen-bond acceptors (Lipinski definition) is 4. The molecule has 20 heavy (non-hydrogen) atoms. The molecule has 1 N–H and O–H groups in total. The van der Waals surface area contributed by atoms with Gasteiger partial charge in [0.25, 0.3) is 0 Å². The standard InChI is InChI=1S/C16H29NO3/c1-15(2,3)17-11-14-13(7-8-19-14)12-18-9-10-20-16(4,5)6/h7-8,17H,9-12H2,1-6H3. The van der Waals surface area contributed by atoms with Crippen LogP contribution in [0.4, 0.5) is 0 Å². The smallest absolute Gasteiger partial charge is 0.123 e. The van der Waals surface area contributed by atoms with Crippen molar-refractivity contribution in [2.45, 2.75) is 65.8 Å². The molecule has 0 bridgehead atoms. The molecule has 116 valence electrons. The zero-order valence-corrected chi connectivity index (χ0v) is 13.7. The fraction of sp³-hybridized carbons (Fsp3) is 0.750. The highest BCUT2D eigenvalue weighted by Crippen LogP contribution is 2.13. The van der Waals surface area contributed by atoms with Crippen molar-refractivity contribution in [1.29, 1.82) is 0 Å². The van der Waals surface area contributed by atoms with E-state index in [1.54, 1.807) is 6.26 Å². The molecule has 0 saturated carbocycles. The second-order valence-electron chi connectivity index (χ2n) is 6.99. The van der Waals surface area contributed by atoms with E-state index in [2.05, 4.69) is 26.1 Å². The molecule has 0 aliphatic rings. The van der Waals surface area contributed by atoms with Crippen LogP contribution in [-0.2, 0) is 22.6 Å². The van der Waals surface area contributed by atoms with Crippen LogP contribution < -0.4 is 5.32 Å². The molecule has 1 heterocycles. The fourth-order valence-corrected chi connectivity index (χ4v) is 1.59. The van der Waals surface area contributed by atoms with Crippen molar-refractivity contribution in [3.63, 3.8) is 0 Å². The molecule has 0 aliphatic carbocycles. The summed E-state index contributed by atoms with van der Waals surface area (Å²) in [6, 6.07) is 1.96. The first-order valence-electron chi connectivity index (χ1n) is 7.19. The van der Waals surface area contributed by atoms with Crippen LogP contribution in [0.2, 0.25) is 0 Å². The Morgan fingerprint density at radius 3 is 2.40 bits per heavy atom. The molecule has 0 saturated heterocycles. The summed E-state index contributed by atoms with van der Waals surface area (Å²) in [4.78, 5) is 0. The number of nitrogens with one attached hydrogen (secondary N) is 1. The van der Waals surface area contributed by atoms with E-state index in [0.717, 1.165) is 11.3 Å². The summed E-state index contributed by atoms with van der Waals surface area (Å²) in [7, 11) is 0. The Balaban J connectivity index is 2.29. The van der Waals surface area contributed by atoms with E-state index in [4.69, 9.17) is 13.9 Å². The van der Waals surface area contributed by atoms with Crippen LogP contribution in [0.25, 0.3) is 0 Å². The first-order chi connectivity index (χ1) is 9.17. The van der Waals surface area contributed by atoms with E-state index in [-0.39, 0.29) is 11.1 Å². The van der Waals surface area contributed by atoms with Crippen LogP contribution in [-0.4, -0.2) is 24.4 Å². The van der Waals surface area contributed by atoms with Gasteiger partial charge in [0.2, 0.25) is 0 Å². The van der Waals surface area contributed by atoms with E-state index in [1.165, 1.54) is 0 Å². The van der Waals surface area contributed by atoms with Gasteiger partial charge in [0, 0.05) is 11.1 Å². The van der Waals surface area contributed by atoms with Gasteiger partial charge in [0.05, 0.1) is 38.2 Å². The third-order valence-electron chi connectivity index (χ3n) is 2.64. The molecule has 1 rings (SSSR count). The van der Waals surface area contributed by atoms with Gasteiger partial charge in [-0.3, -0.25) is 0 Å². The van der Waals surface area contributed by atoms with Crippen molar-refractivity contribution >= 4 is 0 Å². The van der Waals surface area contributed by atoms with Crippen LogP contribution in [0, 0.1) is 0 Å². The summed E-state index contributed by atoms with van der Waals surface area (Å²) in [5.41, 5.74) is 1.06. The minimum atomic E-state index is -0.110. The average molecular weight is 283 g/mol. The molecule has 0 aromatic carbocycles. The monoisotopic (exact) mass is 283 g/mol. The lowest BCUT2D eigenvalue weighted by Crippen LogP contribution is -2.35. The first kappa shape index (κ1) is 17.2. The summed E-state index contributed by atoms with van der Waals surface area (Å²) in [6.45, 7) is 15.0. The Morgan fingerprint density at radius 1 is 1.10 bits per heavy atom. The van der Waals surface area contributed by atoms with Gasteiger partial charge in [0.15, 0.2) is 0 Å². The maximum Gasteiger partial charge on any atom is 0.123 e. The Labute approximate surface area is 122 Å². The average Bonchev–Trinajstić information content (AvgIpc) is 2.71. The minimum absolute atomic E-state index is 0.0749. The van der Waals surface area contributed by atoms with Crippen molar-refractivity contribution in [3.8, 4) is 0 Å². The van der Waals surface area contributed by atoms with Gasteiger partial charge in [-0.25, -0.2) is 0 Å². The van der Waals surface area contributed by atoms with Gasteiger partial charge in [-0.05, 0) is 47.6 Å². The van der Waals surface area contributed by atoms with Crippen molar-refractivity contribution in [2.75, 3.05) is 13.2 Å².